The molecule has 1 aromatic rings. The van der Waals surface area contributed by atoms with Crippen LogP contribution >= 0.6 is 15.9 Å². The Morgan fingerprint density at radius 2 is 2.08 bits per heavy atom. The summed E-state index contributed by atoms with van der Waals surface area (Å²) in [6, 6.07) is 3.31. The van der Waals surface area contributed by atoms with Gasteiger partial charge in [-0.3, -0.25) is 9.69 Å². The fourth-order valence-corrected chi connectivity index (χ4v) is 3.94. The SMILES string of the molecule is C=C(NCC(C)C(=O)O)C1=CC(N2C(=C)C(Br)=C(OCc3ccc(F)cc3F)N=C2C)=C(C)CC=C1. The number of allylic oxidation sites excluding steroid dienone is 5. The standard InChI is InChI=1S/C27H28BrF2N3O3/c1-15-7-6-8-20(17(3)31-13-16(2)27(34)35)11-24(15)33-18(4)25(28)26(32-19(33)5)36-14-21-9-10-22(29)12-23(21)30/h6,8-12,16,31H,3-4,7,13-14H2,1-2,5H3,(H,34,35). The summed E-state index contributed by atoms with van der Waals surface area (Å²) in [5.74, 6) is -1.98. The highest BCUT2D eigenvalue weighted by atomic mass is 79.9. The summed E-state index contributed by atoms with van der Waals surface area (Å²) in [6.45, 7) is 13.8. The Hall–Kier alpha value is -3.46. The molecule has 0 amide bonds. The average Bonchev–Trinajstić information content (AvgIpc) is 3.01. The molecule has 0 aromatic heterocycles. The van der Waals surface area contributed by atoms with Gasteiger partial charge in [0.15, 0.2) is 0 Å². The van der Waals surface area contributed by atoms with E-state index in [0.29, 0.717) is 28.1 Å². The van der Waals surface area contributed by atoms with Gasteiger partial charge in [0.05, 0.1) is 11.6 Å². The molecular weight excluding hydrogens is 532 g/mol. The number of carbonyl (C=O) groups is 1. The minimum Gasteiger partial charge on any atom is -0.481 e. The summed E-state index contributed by atoms with van der Waals surface area (Å²) in [4.78, 5) is 17.6. The molecule has 0 fully saturated rings. The van der Waals surface area contributed by atoms with Crippen molar-refractivity contribution in [1.82, 2.24) is 10.2 Å². The summed E-state index contributed by atoms with van der Waals surface area (Å²) >= 11 is 3.50. The van der Waals surface area contributed by atoms with Gasteiger partial charge in [0.2, 0.25) is 5.88 Å². The Balaban J connectivity index is 1.82. The molecule has 1 heterocycles. The number of benzene rings is 1. The number of carboxylic acid groups (broad SMARTS) is 1. The van der Waals surface area contributed by atoms with Gasteiger partial charge in [-0.2, -0.15) is 4.99 Å². The number of hydrogen-bond acceptors (Lipinski definition) is 5. The molecule has 0 saturated carbocycles. The first-order valence-electron chi connectivity index (χ1n) is 11.2. The number of nitrogens with one attached hydrogen (secondary N) is 1. The number of halogens is 3. The Bertz CT molecular complexity index is 1260. The molecular formula is C27H28BrF2N3O3. The fraction of sp³-hybridized carbons (Fsp3) is 0.259. The van der Waals surface area contributed by atoms with Gasteiger partial charge >= 0.3 is 5.97 Å². The largest absolute Gasteiger partial charge is 0.481 e. The van der Waals surface area contributed by atoms with Gasteiger partial charge in [-0.15, -0.1) is 0 Å². The van der Waals surface area contributed by atoms with Crippen LogP contribution in [0.1, 0.15) is 32.8 Å². The third kappa shape index (κ3) is 6.20. The van der Waals surface area contributed by atoms with Crippen LogP contribution in [0.2, 0.25) is 0 Å². The lowest BCUT2D eigenvalue weighted by molar-refractivity contribution is -0.140. The summed E-state index contributed by atoms with van der Waals surface area (Å²) in [7, 11) is 0. The first-order valence-corrected chi connectivity index (χ1v) is 12.0. The molecule has 2 aliphatic rings. The fourth-order valence-electron chi connectivity index (χ4n) is 3.56. The van der Waals surface area contributed by atoms with Crippen LogP contribution in [-0.2, 0) is 16.1 Å². The van der Waals surface area contributed by atoms with Crippen molar-refractivity contribution in [1.29, 1.82) is 0 Å². The molecule has 1 aliphatic heterocycles. The van der Waals surface area contributed by atoms with E-state index < -0.39 is 23.5 Å². The number of amidine groups is 1. The molecule has 0 bridgehead atoms. The number of aliphatic imine (C=N–C) groups is 1. The van der Waals surface area contributed by atoms with Gasteiger partial charge in [-0.1, -0.05) is 32.2 Å². The van der Waals surface area contributed by atoms with Crippen molar-refractivity contribution in [3.8, 4) is 0 Å². The number of hydrogen-bond donors (Lipinski definition) is 2. The van der Waals surface area contributed by atoms with Crippen LogP contribution in [-0.4, -0.2) is 28.4 Å². The Morgan fingerprint density at radius 3 is 2.75 bits per heavy atom. The van der Waals surface area contributed by atoms with E-state index in [9.17, 15) is 13.6 Å². The Morgan fingerprint density at radius 1 is 1.36 bits per heavy atom. The third-order valence-electron chi connectivity index (χ3n) is 5.76. The summed E-state index contributed by atoms with van der Waals surface area (Å²) in [5.41, 5.74) is 4.08. The summed E-state index contributed by atoms with van der Waals surface area (Å²) in [5, 5.41) is 12.2. The van der Waals surface area contributed by atoms with Crippen molar-refractivity contribution < 1.29 is 23.4 Å². The monoisotopic (exact) mass is 559 g/mol. The molecule has 9 heteroatoms. The Labute approximate surface area is 217 Å². The zero-order chi connectivity index (χ0) is 26.6. The minimum absolute atomic E-state index is 0.128. The van der Waals surface area contributed by atoms with E-state index in [1.807, 2.05) is 30.1 Å². The van der Waals surface area contributed by atoms with E-state index in [1.165, 1.54) is 12.1 Å². The highest BCUT2D eigenvalue weighted by Crippen LogP contribution is 2.36. The molecule has 0 radical (unpaired) electrons. The van der Waals surface area contributed by atoms with Gasteiger partial charge in [0.1, 0.15) is 28.6 Å². The van der Waals surface area contributed by atoms with Crippen molar-refractivity contribution in [2.75, 3.05) is 6.54 Å². The minimum atomic E-state index is -0.884. The molecule has 1 aliphatic carbocycles. The van der Waals surface area contributed by atoms with Gasteiger partial charge in [-0.25, -0.2) is 8.78 Å². The molecule has 190 valence electrons. The normalized spacial score (nSPS) is 16.9. The molecule has 1 aromatic carbocycles. The summed E-state index contributed by atoms with van der Waals surface area (Å²) < 4.78 is 33.4. The highest BCUT2D eigenvalue weighted by molar-refractivity contribution is 9.12. The van der Waals surface area contributed by atoms with Crippen LogP contribution in [0, 0.1) is 17.6 Å². The van der Waals surface area contributed by atoms with E-state index in [2.05, 4.69) is 39.4 Å². The van der Waals surface area contributed by atoms with Crippen molar-refractivity contribution >= 4 is 27.7 Å². The molecule has 0 saturated heterocycles. The molecule has 0 spiro atoms. The quantitative estimate of drug-likeness (QED) is 0.372. The topological polar surface area (TPSA) is 74.2 Å². The molecule has 1 atom stereocenters. The van der Waals surface area contributed by atoms with Gasteiger partial charge in [0.25, 0.3) is 0 Å². The van der Waals surface area contributed by atoms with Gasteiger partial charge < -0.3 is 15.2 Å². The zero-order valence-corrected chi connectivity index (χ0v) is 22.0. The smallest absolute Gasteiger partial charge is 0.308 e. The second-order valence-corrected chi connectivity index (χ2v) is 9.35. The summed E-state index contributed by atoms with van der Waals surface area (Å²) in [6.07, 6.45) is 6.58. The number of carboxylic acids is 1. The first-order chi connectivity index (χ1) is 17.0. The molecule has 6 nitrogen and oxygen atoms in total. The second-order valence-electron chi connectivity index (χ2n) is 8.56. The zero-order valence-electron chi connectivity index (χ0n) is 20.4. The van der Waals surface area contributed by atoms with Crippen LogP contribution in [0.3, 0.4) is 0 Å². The van der Waals surface area contributed by atoms with Crippen LogP contribution in [0.5, 0.6) is 0 Å². The maximum Gasteiger partial charge on any atom is 0.308 e. The Kier molecular flexibility index (Phi) is 8.68. The predicted octanol–water partition coefficient (Wildman–Crippen LogP) is 6.28. The van der Waals surface area contributed by atoms with Crippen LogP contribution in [0.15, 0.2) is 93.2 Å². The maximum absolute atomic E-state index is 14.0. The molecule has 36 heavy (non-hydrogen) atoms. The first kappa shape index (κ1) is 27.1. The van der Waals surface area contributed by atoms with Crippen LogP contribution in [0.4, 0.5) is 8.78 Å². The number of nitrogens with zero attached hydrogens (tertiary/aromatic N) is 2. The van der Waals surface area contributed by atoms with Crippen LogP contribution in [0.25, 0.3) is 0 Å². The van der Waals surface area contributed by atoms with Crippen molar-refractivity contribution in [3.05, 3.63) is 105 Å². The van der Waals surface area contributed by atoms with Crippen LogP contribution < -0.4 is 5.32 Å². The predicted molar refractivity (Wildman–Crippen MR) is 140 cm³/mol. The van der Waals surface area contributed by atoms with Crippen molar-refractivity contribution in [2.24, 2.45) is 10.9 Å². The molecule has 2 N–H and O–H groups in total. The van der Waals surface area contributed by atoms with Crippen molar-refractivity contribution in [3.63, 3.8) is 0 Å². The van der Waals surface area contributed by atoms with E-state index in [0.717, 1.165) is 22.9 Å². The lowest BCUT2D eigenvalue weighted by atomic mass is 10.1. The van der Waals surface area contributed by atoms with E-state index in [1.54, 1.807) is 13.8 Å². The second kappa shape index (κ2) is 11.5. The van der Waals surface area contributed by atoms with Gasteiger partial charge in [-0.05, 0) is 65.6 Å². The molecule has 3 rings (SSSR count). The van der Waals surface area contributed by atoms with Gasteiger partial charge in [0, 0.05) is 29.6 Å². The lowest BCUT2D eigenvalue weighted by Gasteiger charge is -2.32. The molecule has 1 unspecified atom stereocenters. The third-order valence-corrected chi connectivity index (χ3v) is 6.56. The highest BCUT2D eigenvalue weighted by Gasteiger charge is 2.27. The number of rotatable bonds is 9. The van der Waals surface area contributed by atoms with E-state index in [-0.39, 0.29) is 24.6 Å². The maximum atomic E-state index is 14.0. The lowest BCUT2D eigenvalue weighted by Crippen LogP contribution is -2.31. The number of ether oxygens (including phenoxy) is 1. The average molecular weight is 560 g/mol. The number of aliphatic carboxylic acids is 1. The van der Waals surface area contributed by atoms with Crippen molar-refractivity contribution in [2.45, 2.75) is 33.8 Å². The van der Waals surface area contributed by atoms with E-state index >= 15 is 0 Å². The van der Waals surface area contributed by atoms with E-state index in [4.69, 9.17) is 9.84 Å².